The van der Waals surface area contributed by atoms with Gasteiger partial charge in [0.2, 0.25) is 0 Å². The fraction of sp³-hybridized carbons (Fsp3) is 0.909. The number of imidazole rings is 1. The van der Waals surface area contributed by atoms with E-state index in [1.807, 2.05) is 0 Å². The highest BCUT2D eigenvalue weighted by Gasteiger charge is 2.16. The second kappa shape index (κ2) is 24.9. The van der Waals surface area contributed by atoms with Gasteiger partial charge in [0.25, 0.3) is 5.82 Å². The Bertz CT molecular complexity index is 547. The molecule has 0 bridgehead atoms. The lowest BCUT2D eigenvalue weighted by Crippen LogP contribution is -2.37. The van der Waals surface area contributed by atoms with E-state index in [0.29, 0.717) is 0 Å². The summed E-state index contributed by atoms with van der Waals surface area (Å²) in [4.78, 5) is 0. The van der Waals surface area contributed by atoms with Crippen molar-refractivity contribution in [1.82, 2.24) is 4.57 Å². The molecular formula is C33H65N2+. The minimum Gasteiger partial charge on any atom is -0.234 e. The van der Waals surface area contributed by atoms with Crippen LogP contribution in [-0.4, -0.2) is 4.57 Å². The summed E-state index contributed by atoms with van der Waals surface area (Å²) in [5.41, 5.74) is 0. The van der Waals surface area contributed by atoms with Crippen LogP contribution in [0.1, 0.15) is 181 Å². The Balaban J connectivity index is 2.29. The van der Waals surface area contributed by atoms with Crippen LogP contribution in [0.5, 0.6) is 0 Å². The zero-order valence-corrected chi connectivity index (χ0v) is 24.6. The summed E-state index contributed by atoms with van der Waals surface area (Å²) >= 11 is 0. The van der Waals surface area contributed by atoms with Crippen LogP contribution in [0.2, 0.25) is 0 Å². The molecule has 0 radical (unpaired) electrons. The summed E-state index contributed by atoms with van der Waals surface area (Å²) in [7, 11) is 0. The maximum absolute atomic E-state index is 2.61. The van der Waals surface area contributed by atoms with Crippen LogP contribution in [0.25, 0.3) is 0 Å². The first kappa shape index (κ1) is 32.2. The van der Waals surface area contributed by atoms with Gasteiger partial charge in [-0.25, -0.2) is 9.13 Å². The molecule has 2 heteroatoms. The lowest BCUT2D eigenvalue weighted by atomic mass is 10.1. The molecular weight excluding hydrogens is 424 g/mol. The summed E-state index contributed by atoms with van der Waals surface area (Å²) in [6, 6.07) is 0. The van der Waals surface area contributed by atoms with Crippen LogP contribution in [0.15, 0.2) is 12.4 Å². The molecule has 1 rings (SSSR count). The van der Waals surface area contributed by atoms with Crippen molar-refractivity contribution >= 4 is 0 Å². The highest BCUT2D eigenvalue weighted by atomic mass is 15.1. The Morgan fingerprint density at radius 2 is 0.886 bits per heavy atom. The fourth-order valence-electron chi connectivity index (χ4n) is 5.44. The molecule has 0 N–H and O–H groups in total. The zero-order valence-electron chi connectivity index (χ0n) is 24.6. The Morgan fingerprint density at radius 3 is 1.37 bits per heavy atom. The first-order valence-electron chi connectivity index (χ1n) is 16.4. The molecule has 0 saturated heterocycles. The number of unbranched alkanes of at least 4 members (excludes halogenated alkanes) is 21. The summed E-state index contributed by atoms with van der Waals surface area (Å²) < 4.78 is 5.21. The Morgan fingerprint density at radius 1 is 0.486 bits per heavy atom. The lowest BCUT2D eigenvalue weighted by Gasteiger charge is -2.07. The minimum absolute atomic E-state index is 1.22. The highest BCUT2D eigenvalue weighted by Crippen LogP contribution is 2.14. The van der Waals surface area contributed by atoms with E-state index in [9.17, 15) is 0 Å². The molecule has 35 heavy (non-hydrogen) atoms. The number of aromatic nitrogens is 2. The average Bonchev–Trinajstić information content (AvgIpc) is 3.25. The predicted molar refractivity (Wildman–Crippen MR) is 156 cm³/mol. The van der Waals surface area contributed by atoms with Crippen LogP contribution in [0, 0.1) is 0 Å². The van der Waals surface area contributed by atoms with Gasteiger partial charge in [0.15, 0.2) is 0 Å². The first-order chi connectivity index (χ1) is 17.3. The minimum atomic E-state index is 1.22. The molecule has 2 nitrogen and oxygen atoms in total. The summed E-state index contributed by atoms with van der Waals surface area (Å²) in [5.74, 6) is 1.61. The van der Waals surface area contributed by atoms with Gasteiger partial charge >= 0.3 is 0 Å². The molecule has 0 aliphatic carbocycles. The second-order valence-corrected chi connectivity index (χ2v) is 11.3. The van der Waals surface area contributed by atoms with Gasteiger partial charge in [0.1, 0.15) is 12.4 Å². The largest absolute Gasteiger partial charge is 0.256 e. The van der Waals surface area contributed by atoms with Gasteiger partial charge < -0.3 is 0 Å². The van der Waals surface area contributed by atoms with Gasteiger partial charge in [0.05, 0.1) is 13.1 Å². The monoisotopic (exact) mass is 490 g/mol. The zero-order chi connectivity index (χ0) is 25.2. The van der Waals surface area contributed by atoms with Gasteiger partial charge in [-0.3, -0.25) is 0 Å². The highest BCUT2D eigenvalue weighted by molar-refractivity contribution is 4.84. The lowest BCUT2D eigenvalue weighted by molar-refractivity contribution is -0.704. The van der Waals surface area contributed by atoms with Crippen molar-refractivity contribution in [3.8, 4) is 0 Å². The van der Waals surface area contributed by atoms with Gasteiger partial charge in [-0.15, -0.1) is 0 Å². The van der Waals surface area contributed by atoms with Crippen molar-refractivity contribution in [3.63, 3.8) is 0 Å². The summed E-state index contributed by atoms with van der Waals surface area (Å²) in [6.07, 6.45) is 40.0. The average molecular weight is 490 g/mol. The molecule has 0 aliphatic rings. The maximum atomic E-state index is 2.61. The van der Waals surface area contributed by atoms with Crippen molar-refractivity contribution in [1.29, 1.82) is 0 Å². The van der Waals surface area contributed by atoms with Crippen LogP contribution < -0.4 is 4.57 Å². The van der Waals surface area contributed by atoms with Gasteiger partial charge in [-0.05, 0) is 32.1 Å². The Labute approximate surface area is 221 Å². The van der Waals surface area contributed by atoms with E-state index in [1.165, 1.54) is 174 Å². The summed E-state index contributed by atoms with van der Waals surface area (Å²) in [5, 5.41) is 0. The number of hydrogen-bond donors (Lipinski definition) is 0. The maximum Gasteiger partial charge on any atom is 0.256 e. The topological polar surface area (TPSA) is 8.81 Å². The standard InChI is InChI=1S/C33H65N2/c1-4-7-10-13-16-17-18-19-20-21-24-27-30-35-32-31-34(29-26-23-15-12-9-6-3)33(35)28-25-22-14-11-8-5-2/h31-32H,4-30H2,1-3H3/q+1. The Kier molecular flexibility index (Phi) is 22.9. The molecule has 0 aliphatic heterocycles. The molecule has 1 heterocycles. The van der Waals surface area contributed by atoms with E-state index in [0.717, 1.165) is 0 Å². The van der Waals surface area contributed by atoms with Gasteiger partial charge in [0, 0.05) is 6.42 Å². The predicted octanol–water partition coefficient (Wildman–Crippen LogP) is 10.7. The van der Waals surface area contributed by atoms with E-state index in [1.54, 1.807) is 5.82 Å². The third kappa shape index (κ3) is 18.2. The van der Waals surface area contributed by atoms with E-state index >= 15 is 0 Å². The SMILES string of the molecule is CCCCCCCCCCCCCCn1cc[n+](CCCCCCCC)c1CCCCCCCC. The summed E-state index contributed by atoms with van der Waals surface area (Å²) in [6.45, 7) is 9.38. The van der Waals surface area contributed by atoms with Crippen molar-refractivity contribution in [3.05, 3.63) is 18.2 Å². The number of aryl methyl sites for hydroxylation is 2. The third-order valence-electron chi connectivity index (χ3n) is 7.85. The van der Waals surface area contributed by atoms with E-state index in [-0.39, 0.29) is 0 Å². The van der Waals surface area contributed by atoms with Crippen molar-refractivity contribution in [2.75, 3.05) is 0 Å². The van der Waals surface area contributed by atoms with Crippen LogP contribution >= 0.6 is 0 Å². The number of rotatable bonds is 27. The molecule has 0 spiro atoms. The third-order valence-corrected chi connectivity index (χ3v) is 7.85. The normalized spacial score (nSPS) is 11.5. The van der Waals surface area contributed by atoms with Crippen molar-refractivity contribution in [2.24, 2.45) is 0 Å². The fourth-order valence-corrected chi connectivity index (χ4v) is 5.44. The molecule has 0 saturated carbocycles. The van der Waals surface area contributed by atoms with Crippen molar-refractivity contribution in [2.45, 2.75) is 194 Å². The number of nitrogens with zero attached hydrogens (tertiary/aromatic N) is 2. The molecule has 0 amide bonds. The molecule has 0 aromatic carbocycles. The van der Waals surface area contributed by atoms with Gasteiger partial charge in [-0.2, -0.15) is 0 Å². The molecule has 0 atom stereocenters. The number of hydrogen-bond acceptors (Lipinski definition) is 0. The molecule has 206 valence electrons. The molecule has 1 aromatic rings. The second-order valence-electron chi connectivity index (χ2n) is 11.3. The molecule has 0 unspecified atom stereocenters. The molecule has 1 aromatic heterocycles. The van der Waals surface area contributed by atoms with Crippen LogP contribution in [0.4, 0.5) is 0 Å². The van der Waals surface area contributed by atoms with Crippen molar-refractivity contribution < 1.29 is 4.57 Å². The van der Waals surface area contributed by atoms with E-state index < -0.39 is 0 Å². The van der Waals surface area contributed by atoms with Crippen LogP contribution in [-0.2, 0) is 19.5 Å². The van der Waals surface area contributed by atoms with E-state index in [4.69, 9.17) is 0 Å². The first-order valence-corrected chi connectivity index (χ1v) is 16.4. The van der Waals surface area contributed by atoms with E-state index in [2.05, 4.69) is 42.3 Å². The Hall–Kier alpha value is -0.790. The van der Waals surface area contributed by atoms with Gasteiger partial charge in [-0.1, -0.05) is 143 Å². The van der Waals surface area contributed by atoms with Crippen LogP contribution in [0.3, 0.4) is 0 Å². The molecule has 0 fully saturated rings. The smallest absolute Gasteiger partial charge is 0.234 e. The quantitative estimate of drug-likeness (QED) is 0.0858.